The third kappa shape index (κ3) is 4.89. The van der Waals surface area contributed by atoms with Gasteiger partial charge in [-0.3, -0.25) is 4.79 Å². The minimum Gasteiger partial charge on any atom is -0.496 e. The van der Waals surface area contributed by atoms with Crippen molar-refractivity contribution in [2.75, 3.05) is 41.8 Å². The molecule has 0 aliphatic heterocycles. The Morgan fingerprint density at radius 2 is 1.64 bits per heavy atom. The number of nitrogens with zero attached hydrogens (tertiary/aromatic N) is 2. The second-order valence-electron chi connectivity index (χ2n) is 6.74. The van der Waals surface area contributed by atoms with Crippen molar-refractivity contribution in [1.82, 2.24) is 14.5 Å². The van der Waals surface area contributed by atoms with Crippen LogP contribution in [0.1, 0.15) is 22.0 Å². The Labute approximate surface area is 167 Å². The number of para-hydroxylation sites is 1. The van der Waals surface area contributed by atoms with Gasteiger partial charge in [-0.15, -0.1) is 0 Å². The van der Waals surface area contributed by atoms with Crippen molar-refractivity contribution in [3.05, 3.63) is 59.7 Å². The zero-order valence-corrected chi connectivity index (χ0v) is 17.7. The second kappa shape index (κ2) is 9.18. The van der Waals surface area contributed by atoms with Crippen molar-refractivity contribution in [3.8, 4) is 5.75 Å². The first-order valence-electron chi connectivity index (χ1n) is 8.78. The number of amides is 1. The average molecular weight is 406 g/mol. The molecule has 2 aromatic carbocycles. The van der Waals surface area contributed by atoms with E-state index < -0.39 is 10.0 Å². The van der Waals surface area contributed by atoms with Gasteiger partial charge >= 0.3 is 0 Å². The lowest BCUT2D eigenvalue weighted by Gasteiger charge is -2.26. The quantitative estimate of drug-likeness (QED) is 0.727. The SMILES string of the molecule is COc1ccccc1[C@@H](CNC(=O)c1ccc(S(=O)(=O)N(C)C)cc1)N(C)C. The predicted molar refractivity (Wildman–Crippen MR) is 109 cm³/mol. The van der Waals surface area contributed by atoms with Gasteiger partial charge in [-0.2, -0.15) is 0 Å². The van der Waals surface area contributed by atoms with E-state index in [1.54, 1.807) is 7.11 Å². The fourth-order valence-corrected chi connectivity index (χ4v) is 3.69. The van der Waals surface area contributed by atoms with Crippen LogP contribution in [0.15, 0.2) is 53.4 Å². The highest BCUT2D eigenvalue weighted by Crippen LogP contribution is 2.27. The summed E-state index contributed by atoms with van der Waals surface area (Å²) in [6.07, 6.45) is 0. The Morgan fingerprint density at radius 1 is 1.04 bits per heavy atom. The Morgan fingerprint density at radius 3 is 2.18 bits per heavy atom. The number of hydrogen-bond acceptors (Lipinski definition) is 5. The summed E-state index contributed by atoms with van der Waals surface area (Å²) in [5, 5.41) is 2.92. The predicted octanol–water partition coefficient (Wildman–Crippen LogP) is 1.98. The largest absolute Gasteiger partial charge is 0.496 e. The van der Waals surface area contributed by atoms with Gasteiger partial charge < -0.3 is 15.0 Å². The lowest BCUT2D eigenvalue weighted by molar-refractivity contribution is 0.0941. The Hall–Kier alpha value is -2.42. The van der Waals surface area contributed by atoms with Crippen LogP contribution in [0.5, 0.6) is 5.75 Å². The van der Waals surface area contributed by atoms with E-state index in [9.17, 15) is 13.2 Å². The van der Waals surface area contributed by atoms with Gasteiger partial charge in [-0.1, -0.05) is 18.2 Å². The molecule has 8 heteroatoms. The molecule has 0 fully saturated rings. The number of benzene rings is 2. The Bertz CT molecular complexity index is 909. The molecule has 1 N–H and O–H groups in total. The van der Waals surface area contributed by atoms with Gasteiger partial charge in [0.1, 0.15) is 5.75 Å². The maximum Gasteiger partial charge on any atom is 0.251 e. The lowest BCUT2D eigenvalue weighted by atomic mass is 10.0. The highest BCUT2D eigenvalue weighted by Gasteiger charge is 2.20. The van der Waals surface area contributed by atoms with E-state index in [1.165, 1.54) is 38.4 Å². The normalized spacial score (nSPS) is 12.8. The van der Waals surface area contributed by atoms with Crippen LogP contribution in [0.25, 0.3) is 0 Å². The molecule has 1 atom stereocenters. The van der Waals surface area contributed by atoms with Crippen LogP contribution in [0.2, 0.25) is 0 Å². The average Bonchev–Trinajstić information content (AvgIpc) is 2.68. The Kier molecular flexibility index (Phi) is 7.17. The van der Waals surface area contributed by atoms with Crippen molar-refractivity contribution in [2.24, 2.45) is 0 Å². The monoisotopic (exact) mass is 405 g/mol. The van der Waals surface area contributed by atoms with Gasteiger partial charge in [0, 0.05) is 31.8 Å². The van der Waals surface area contributed by atoms with E-state index in [4.69, 9.17) is 4.74 Å². The van der Waals surface area contributed by atoms with E-state index >= 15 is 0 Å². The smallest absolute Gasteiger partial charge is 0.251 e. The van der Waals surface area contributed by atoms with Crippen LogP contribution < -0.4 is 10.1 Å². The number of nitrogens with one attached hydrogen (secondary N) is 1. The fraction of sp³-hybridized carbons (Fsp3) is 0.350. The van der Waals surface area contributed by atoms with E-state index in [2.05, 4.69) is 5.32 Å². The molecule has 0 unspecified atom stereocenters. The molecule has 0 heterocycles. The number of likely N-dealkylation sites (N-methyl/N-ethyl adjacent to an activating group) is 1. The van der Waals surface area contributed by atoms with Crippen LogP contribution in [0, 0.1) is 0 Å². The van der Waals surface area contributed by atoms with Crippen molar-refractivity contribution in [1.29, 1.82) is 0 Å². The Balaban J connectivity index is 2.13. The molecular weight excluding hydrogens is 378 g/mol. The number of carbonyl (C=O) groups is 1. The molecule has 0 aliphatic rings. The van der Waals surface area contributed by atoms with Crippen molar-refractivity contribution in [2.45, 2.75) is 10.9 Å². The number of hydrogen-bond donors (Lipinski definition) is 1. The second-order valence-corrected chi connectivity index (χ2v) is 8.90. The molecule has 28 heavy (non-hydrogen) atoms. The number of ether oxygens (including phenoxy) is 1. The number of rotatable bonds is 8. The van der Waals surface area contributed by atoms with Gasteiger partial charge in [-0.05, 0) is 44.4 Å². The maximum absolute atomic E-state index is 12.5. The summed E-state index contributed by atoms with van der Waals surface area (Å²) in [5.41, 5.74) is 1.37. The van der Waals surface area contributed by atoms with Gasteiger partial charge in [-0.25, -0.2) is 12.7 Å². The maximum atomic E-state index is 12.5. The molecule has 2 rings (SSSR count). The van der Waals surface area contributed by atoms with E-state index in [1.807, 2.05) is 43.3 Å². The molecule has 0 bridgehead atoms. The third-order valence-electron chi connectivity index (χ3n) is 4.47. The van der Waals surface area contributed by atoms with E-state index in [-0.39, 0.29) is 16.8 Å². The summed E-state index contributed by atoms with van der Waals surface area (Å²) < 4.78 is 30.8. The molecule has 0 saturated carbocycles. The van der Waals surface area contributed by atoms with Gasteiger partial charge in [0.25, 0.3) is 5.91 Å². The fourth-order valence-electron chi connectivity index (χ4n) is 2.79. The first-order chi connectivity index (χ1) is 13.2. The van der Waals surface area contributed by atoms with Gasteiger partial charge in [0.2, 0.25) is 10.0 Å². The number of methoxy groups -OCH3 is 1. The van der Waals surface area contributed by atoms with Crippen molar-refractivity contribution in [3.63, 3.8) is 0 Å². The zero-order valence-electron chi connectivity index (χ0n) is 16.8. The van der Waals surface area contributed by atoms with E-state index in [0.717, 1.165) is 15.6 Å². The topological polar surface area (TPSA) is 78.9 Å². The van der Waals surface area contributed by atoms with Crippen LogP contribution >= 0.6 is 0 Å². The first kappa shape index (κ1) is 21.9. The molecule has 0 saturated heterocycles. The van der Waals surface area contributed by atoms with Crippen LogP contribution in [-0.4, -0.2) is 65.4 Å². The molecular formula is C20H27N3O4S. The van der Waals surface area contributed by atoms with Crippen LogP contribution in [-0.2, 0) is 10.0 Å². The molecule has 2 aromatic rings. The summed E-state index contributed by atoms with van der Waals surface area (Å²) in [5.74, 6) is 0.490. The molecule has 0 aliphatic carbocycles. The van der Waals surface area contributed by atoms with Crippen molar-refractivity contribution >= 4 is 15.9 Å². The van der Waals surface area contributed by atoms with Crippen molar-refractivity contribution < 1.29 is 17.9 Å². The minimum atomic E-state index is -3.52. The highest BCUT2D eigenvalue weighted by atomic mass is 32.2. The minimum absolute atomic E-state index is 0.0755. The van der Waals surface area contributed by atoms with Crippen LogP contribution in [0.3, 0.4) is 0 Å². The van der Waals surface area contributed by atoms with E-state index in [0.29, 0.717) is 12.1 Å². The number of carbonyl (C=O) groups excluding carboxylic acids is 1. The molecule has 0 radical (unpaired) electrons. The lowest BCUT2D eigenvalue weighted by Crippen LogP contribution is -2.34. The van der Waals surface area contributed by atoms with Crippen LogP contribution in [0.4, 0.5) is 0 Å². The first-order valence-corrected chi connectivity index (χ1v) is 10.2. The summed E-state index contributed by atoms with van der Waals surface area (Å²) in [7, 11) is 4.90. The molecule has 1 amide bonds. The standard InChI is InChI=1S/C20H27N3O4S/c1-22(2)18(17-8-6-7-9-19(17)27-5)14-21-20(24)15-10-12-16(13-11-15)28(25,26)23(3)4/h6-13,18H,14H2,1-5H3,(H,21,24)/t18-/m1/s1. The third-order valence-corrected chi connectivity index (χ3v) is 6.30. The van der Waals surface area contributed by atoms with Gasteiger partial charge in [0.05, 0.1) is 18.0 Å². The molecule has 7 nitrogen and oxygen atoms in total. The summed E-state index contributed by atoms with van der Waals surface area (Å²) in [6, 6.07) is 13.5. The number of sulfonamides is 1. The summed E-state index contributed by atoms with van der Waals surface area (Å²) in [6.45, 7) is 0.379. The molecule has 0 spiro atoms. The summed E-state index contributed by atoms with van der Waals surface area (Å²) >= 11 is 0. The van der Waals surface area contributed by atoms with Gasteiger partial charge in [0.15, 0.2) is 0 Å². The molecule has 152 valence electrons. The highest BCUT2D eigenvalue weighted by molar-refractivity contribution is 7.89. The molecule has 0 aromatic heterocycles. The zero-order chi connectivity index (χ0) is 20.9. The summed E-state index contributed by atoms with van der Waals surface area (Å²) in [4.78, 5) is 14.7.